The SMILES string of the molecule is COc1cc(C2C(C#N)=C(N)OC3NNC(c4ccncc4)C32)ccc1O. The molecule has 1 fully saturated rings. The molecule has 3 heterocycles. The van der Waals surface area contributed by atoms with Gasteiger partial charge in [0, 0.05) is 24.2 Å². The maximum absolute atomic E-state index is 9.94. The lowest BCUT2D eigenvalue weighted by atomic mass is 9.74. The van der Waals surface area contributed by atoms with Gasteiger partial charge >= 0.3 is 0 Å². The molecule has 1 aromatic carbocycles. The van der Waals surface area contributed by atoms with Crippen LogP contribution < -0.4 is 21.3 Å². The Hall–Kier alpha value is -3.28. The average molecular weight is 365 g/mol. The number of hydrazine groups is 1. The normalized spacial score (nSPS) is 26.8. The number of benzene rings is 1. The Morgan fingerprint density at radius 2 is 2.00 bits per heavy atom. The first-order chi connectivity index (χ1) is 13.1. The summed E-state index contributed by atoms with van der Waals surface area (Å²) >= 11 is 0. The van der Waals surface area contributed by atoms with E-state index >= 15 is 0 Å². The molecule has 0 amide bonds. The number of allylic oxidation sites excluding steroid dienone is 1. The summed E-state index contributed by atoms with van der Waals surface area (Å²) in [6, 6.07) is 11.0. The summed E-state index contributed by atoms with van der Waals surface area (Å²) in [5.74, 6) is -0.0209. The highest BCUT2D eigenvalue weighted by molar-refractivity contribution is 5.48. The number of hydrogen-bond donors (Lipinski definition) is 4. The van der Waals surface area contributed by atoms with Crippen molar-refractivity contribution in [2.45, 2.75) is 18.2 Å². The molecular formula is C19H19N5O3. The Balaban J connectivity index is 1.84. The molecule has 4 rings (SSSR count). The van der Waals surface area contributed by atoms with Crippen LogP contribution in [-0.2, 0) is 4.74 Å². The predicted octanol–water partition coefficient (Wildman–Crippen LogP) is 1.39. The van der Waals surface area contributed by atoms with Crippen molar-refractivity contribution in [2.24, 2.45) is 11.7 Å². The lowest BCUT2D eigenvalue weighted by Gasteiger charge is -2.36. The summed E-state index contributed by atoms with van der Waals surface area (Å²) in [4.78, 5) is 4.07. The van der Waals surface area contributed by atoms with Crippen molar-refractivity contribution in [3.63, 3.8) is 0 Å². The van der Waals surface area contributed by atoms with Gasteiger partial charge in [0.1, 0.15) is 6.07 Å². The molecule has 0 bridgehead atoms. The van der Waals surface area contributed by atoms with Gasteiger partial charge in [-0.05, 0) is 35.4 Å². The number of fused-ring (bicyclic) bond motifs is 1. The molecule has 2 aromatic rings. The summed E-state index contributed by atoms with van der Waals surface area (Å²) in [5.41, 5.74) is 14.6. The molecule has 0 spiro atoms. The molecule has 0 aliphatic carbocycles. The molecule has 138 valence electrons. The van der Waals surface area contributed by atoms with Crippen LogP contribution in [0.2, 0.25) is 0 Å². The van der Waals surface area contributed by atoms with Crippen LogP contribution in [0, 0.1) is 17.2 Å². The minimum Gasteiger partial charge on any atom is -0.504 e. The largest absolute Gasteiger partial charge is 0.504 e. The molecule has 5 N–H and O–H groups in total. The summed E-state index contributed by atoms with van der Waals surface area (Å²) in [5, 5.41) is 19.7. The highest BCUT2D eigenvalue weighted by Gasteiger charge is 2.49. The second kappa shape index (κ2) is 6.79. The fourth-order valence-corrected chi connectivity index (χ4v) is 3.84. The second-order valence-electron chi connectivity index (χ2n) is 6.46. The minimum absolute atomic E-state index is 0.0358. The van der Waals surface area contributed by atoms with Gasteiger partial charge in [-0.2, -0.15) is 5.26 Å². The van der Waals surface area contributed by atoms with E-state index in [2.05, 4.69) is 21.9 Å². The van der Waals surface area contributed by atoms with Crippen molar-refractivity contribution in [3.05, 3.63) is 65.3 Å². The van der Waals surface area contributed by atoms with Crippen LogP contribution in [0.3, 0.4) is 0 Å². The number of nitriles is 1. The van der Waals surface area contributed by atoms with E-state index in [9.17, 15) is 10.4 Å². The number of methoxy groups -OCH3 is 1. The molecule has 8 nitrogen and oxygen atoms in total. The Morgan fingerprint density at radius 3 is 2.70 bits per heavy atom. The Labute approximate surface area is 156 Å². The number of phenolic OH excluding ortho intramolecular Hbond substituents is 1. The molecule has 1 saturated heterocycles. The number of rotatable bonds is 3. The van der Waals surface area contributed by atoms with Crippen LogP contribution in [0.25, 0.3) is 0 Å². The van der Waals surface area contributed by atoms with Gasteiger partial charge in [-0.1, -0.05) is 6.07 Å². The second-order valence-corrected chi connectivity index (χ2v) is 6.46. The number of hydrogen-bond acceptors (Lipinski definition) is 8. The van der Waals surface area contributed by atoms with Crippen molar-refractivity contribution in [3.8, 4) is 17.6 Å². The van der Waals surface area contributed by atoms with Crippen molar-refractivity contribution >= 4 is 0 Å². The monoisotopic (exact) mass is 365 g/mol. The number of aromatic hydroxyl groups is 1. The van der Waals surface area contributed by atoms with E-state index in [-0.39, 0.29) is 29.5 Å². The third kappa shape index (κ3) is 2.83. The first-order valence-electron chi connectivity index (χ1n) is 8.48. The fraction of sp³-hybridized carbons (Fsp3) is 0.263. The lowest BCUT2D eigenvalue weighted by Crippen LogP contribution is -2.40. The topological polar surface area (TPSA) is 125 Å². The number of nitrogens with one attached hydrogen (secondary N) is 2. The quantitative estimate of drug-likeness (QED) is 0.643. The van der Waals surface area contributed by atoms with Crippen LogP contribution in [0.15, 0.2) is 54.2 Å². The molecule has 4 atom stereocenters. The van der Waals surface area contributed by atoms with E-state index in [0.29, 0.717) is 11.3 Å². The van der Waals surface area contributed by atoms with Gasteiger partial charge in [0.2, 0.25) is 5.88 Å². The molecule has 1 aromatic heterocycles. The van der Waals surface area contributed by atoms with E-state index in [1.54, 1.807) is 30.6 Å². The van der Waals surface area contributed by atoms with Gasteiger partial charge in [0.15, 0.2) is 17.7 Å². The molecule has 2 aliphatic heterocycles. The van der Waals surface area contributed by atoms with E-state index in [1.807, 2.05) is 12.1 Å². The molecule has 0 radical (unpaired) electrons. The van der Waals surface area contributed by atoms with E-state index < -0.39 is 6.23 Å². The number of ether oxygens (including phenoxy) is 2. The third-order valence-electron chi connectivity index (χ3n) is 5.08. The Kier molecular flexibility index (Phi) is 4.32. The van der Waals surface area contributed by atoms with Crippen LogP contribution >= 0.6 is 0 Å². The Bertz CT molecular complexity index is 925. The average Bonchev–Trinajstić information content (AvgIpc) is 3.11. The Morgan fingerprint density at radius 1 is 1.22 bits per heavy atom. The third-order valence-corrected chi connectivity index (χ3v) is 5.08. The van der Waals surface area contributed by atoms with Crippen LogP contribution in [0.1, 0.15) is 23.1 Å². The van der Waals surface area contributed by atoms with Gasteiger partial charge in [-0.15, -0.1) is 0 Å². The number of pyridine rings is 1. The molecule has 8 heteroatoms. The molecule has 0 saturated carbocycles. The standard InChI is InChI=1S/C19H19N5O3/c1-26-14-8-11(2-3-13(14)25)15-12(9-20)18(21)27-19-16(15)17(23-24-19)10-4-6-22-7-5-10/h2-8,15-17,19,23-25H,21H2,1H3. The molecular weight excluding hydrogens is 346 g/mol. The first kappa shape index (κ1) is 17.1. The van der Waals surface area contributed by atoms with Gasteiger partial charge in [-0.25, -0.2) is 10.9 Å². The van der Waals surface area contributed by atoms with Crippen molar-refractivity contribution in [1.82, 2.24) is 15.8 Å². The zero-order valence-electron chi connectivity index (χ0n) is 14.6. The number of nitrogens with zero attached hydrogens (tertiary/aromatic N) is 2. The molecule has 2 aliphatic rings. The predicted molar refractivity (Wildman–Crippen MR) is 95.8 cm³/mol. The number of aromatic nitrogens is 1. The lowest BCUT2D eigenvalue weighted by molar-refractivity contribution is 0.0340. The summed E-state index contributed by atoms with van der Waals surface area (Å²) in [7, 11) is 1.49. The minimum atomic E-state index is -0.412. The van der Waals surface area contributed by atoms with Crippen LogP contribution in [0.5, 0.6) is 11.5 Å². The number of phenols is 1. The summed E-state index contributed by atoms with van der Waals surface area (Å²) in [6.45, 7) is 0. The highest BCUT2D eigenvalue weighted by Crippen LogP contribution is 2.48. The molecule has 27 heavy (non-hydrogen) atoms. The van der Waals surface area contributed by atoms with E-state index in [1.165, 1.54) is 7.11 Å². The van der Waals surface area contributed by atoms with Gasteiger partial charge in [-0.3, -0.25) is 4.98 Å². The van der Waals surface area contributed by atoms with Gasteiger partial charge in [0.05, 0.1) is 18.7 Å². The zero-order valence-corrected chi connectivity index (χ0v) is 14.6. The number of nitrogens with two attached hydrogens (primary N) is 1. The first-order valence-corrected chi connectivity index (χ1v) is 8.48. The van der Waals surface area contributed by atoms with Crippen LogP contribution in [-0.4, -0.2) is 23.4 Å². The summed E-state index contributed by atoms with van der Waals surface area (Å²) in [6.07, 6.45) is 3.04. The zero-order chi connectivity index (χ0) is 19.0. The van der Waals surface area contributed by atoms with Crippen LogP contribution in [0.4, 0.5) is 0 Å². The smallest absolute Gasteiger partial charge is 0.200 e. The fourth-order valence-electron chi connectivity index (χ4n) is 3.84. The van der Waals surface area contributed by atoms with Gasteiger partial charge < -0.3 is 20.3 Å². The maximum Gasteiger partial charge on any atom is 0.200 e. The van der Waals surface area contributed by atoms with E-state index in [4.69, 9.17) is 15.2 Å². The maximum atomic E-state index is 9.94. The highest BCUT2D eigenvalue weighted by atomic mass is 16.5. The van der Waals surface area contributed by atoms with Crippen molar-refractivity contribution in [2.75, 3.05) is 7.11 Å². The summed E-state index contributed by atoms with van der Waals surface area (Å²) < 4.78 is 11.0. The van der Waals surface area contributed by atoms with Crippen molar-refractivity contribution in [1.29, 1.82) is 5.26 Å². The van der Waals surface area contributed by atoms with Crippen molar-refractivity contribution < 1.29 is 14.6 Å². The van der Waals surface area contributed by atoms with Gasteiger partial charge in [0.25, 0.3) is 0 Å². The molecule has 4 unspecified atom stereocenters. The van der Waals surface area contributed by atoms with E-state index in [0.717, 1.165) is 11.1 Å².